The molecule has 1 aliphatic rings. The predicted molar refractivity (Wildman–Crippen MR) is 65.3 cm³/mol. The van der Waals surface area contributed by atoms with Crippen molar-refractivity contribution >= 4 is 5.69 Å². The average Bonchev–Trinajstić information content (AvgIpc) is 2.32. The van der Waals surface area contributed by atoms with Crippen LogP contribution < -0.4 is 11.1 Å². The molecule has 0 saturated heterocycles. The lowest BCUT2D eigenvalue weighted by Gasteiger charge is -2.27. The van der Waals surface area contributed by atoms with E-state index >= 15 is 0 Å². The summed E-state index contributed by atoms with van der Waals surface area (Å²) < 4.78 is 37.2. The van der Waals surface area contributed by atoms with Crippen molar-refractivity contribution in [3.8, 4) is 0 Å². The van der Waals surface area contributed by atoms with E-state index in [0.717, 1.165) is 43.5 Å². The minimum absolute atomic E-state index is 0.274. The fourth-order valence-electron chi connectivity index (χ4n) is 2.25. The Kier molecular flexibility index (Phi) is 3.80. The van der Waals surface area contributed by atoms with E-state index in [9.17, 15) is 13.2 Å². The molecule has 1 aromatic rings. The number of nitrogens with one attached hydrogen (secondary N) is 1. The first-order chi connectivity index (χ1) is 8.45. The van der Waals surface area contributed by atoms with Crippen molar-refractivity contribution in [1.29, 1.82) is 0 Å². The van der Waals surface area contributed by atoms with Crippen LogP contribution in [0.1, 0.15) is 31.2 Å². The first-order valence-corrected chi connectivity index (χ1v) is 6.14. The number of hydrogen-bond donors (Lipinski definition) is 2. The van der Waals surface area contributed by atoms with Gasteiger partial charge in [-0.25, -0.2) is 0 Å². The molecule has 1 aliphatic carbocycles. The summed E-state index contributed by atoms with van der Waals surface area (Å²) in [5, 5.41) is 3.26. The van der Waals surface area contributed by atoms with E-state index in [1.165, 1.54) is 12.1 Å². The van der Waals surface area contributed by atoms with Crippen LogP contribution in [0.4, 0.5) is 18.9 Å². The molecular formula is C13H17F3N2. The highest BCUT2D eigenvalue weighted by atomic mass is 19.4. The smallest absolute Gasteiger partial charge is 0.382 e. The third kappa shape index (κ3) is 3.38. The molecule has 0 atom stereocenters. The molecule has 18 heavy (non-hydrogen) atoms. The second-order valence-electron chi connectivity index (χ2n) is 4.83. The zero-order chi connectivity index (χ0) is 13.2. The fraction of sp³-hybridized carbons (Fsp3) is 0.538. The molecule has 0 amide bonds. The number of nitrogens with two attached hydrogens (primary N) is 1. The summed E-state index contributed by atoms with van der Waals surface area (Å²) >= 11 is 0. The van der Waals surface area contributed by atoms with E-state index in [1.54, 1.807) is 0 Å². The molecule has 1 saturated carbocycles. The Morgan fingerprint density at radius 2 is 1.56 bits per heavy atom. The van der Waals surface area contributed by atoms with E-state index < -0.39 is 11.7 Å². The van der Waals surface area contributed by atoms with E-state index in [4.69, 9.17) is 5.73 Å². The van der Waals surface area contributed by atoms with Gasteiger partial charge in [0, 0.05) is 17.8 Å². The Morgan fingerprint density at radius 1 is 1.00 bits per heavy atom. The molecule has 2 rings (SSSR count). The minimum Gasteiger partial charge on any atom is -0.382 e. The molecular weight excluding hydrogens is 241 g/mol. The van der Waals surface area contributed by atoms with Crippen LogP contribution in [0.25, 0.3) is 0 Å². The fourth-order valence-corrected chi connectivity index (χ4v) is 2.25. The largest absolute Gasteiger partial charge is 0.416 e. The number of benzene rings is 1. The highest BCUT2D eigenvalue weighted by Gasteiger charge is 2.30. The molecule has 0 aliphatic heterocycles. The standard InChI is InChI=1S/C13H17F3N2/c14-13(15,16)9-1-5-11(6-2-9)18-12-7-3-10(17)4-8-12/h1-2,5-6,10,12,18H,3-4,7-8,17H2/t10-,12+. The van der Waals surface area contributed by atoms with Gasteiger partial charge in [0.1, 0.15) is 0 Å². The monoisotopic (exact) mass is 258 g/mol. The quantitative estimate of drug-likeness (QED) is 0.853. The van der Waals surface area contributed by atoms with E-state index in [2.05, 4.69) is 5.32 Å². The third-order valence-corrected chi connectivity index (χ3v) is 3.35. The van der Waals surface area contributed by atoms with Gasteiger partial charge in [-0.15, -0.1) is 0 Å². The van der Waals surface area contributed by atoms with Gasteiger partial charge in [-0.3, -0.25) is 0 Å². The third-order valence-electron chi connectivity index (χ3n) is 3.35. The second-order valence-corrected chi connectivity index (χ2v) is 4.83. The molecule has 2 nitrogen and oxygen atoms in total. The van der Waals surface area contributed by atoms with Crippen LogP contribution in [0, 0.1) is 0 Å². The number of hydrogen-bond acceptors (Lipinski definition) is 2. The molecule has 1 fully saturated rings. The number of halogens is 3. The van der Waals surface area contributed by atoms with Gasteiger partial charge in [0.25, 0.3) is 0 Å². The second kappa shape index (κ2) is 5.18. The van der Waals surface area contributed by atoms with Crippen LogP contribution in [-0.2, 0) is 6.18 Å². The van der Waals surface area contributed by atoms with Crippen LogP contribution in [0.15, 0.2) is 24.3 Å². The SMILES string of the molecule is N[C@H]1CC[C@@H](Nc2ccc(C(F)(F)F)cc2)CC1. The normalized spacial score (nSPS) is 24.9. The van der Waals surface area contributed by atoms with Gasteiger partial charge >= 0.3 is 6.18 Å². The topological polar surface area (TPSA) is 38.0 Å². The molecule has 0 radical (unpaired) electrons. The Hall–Kier alpha value is -1.23. The zero-order valence-corrected chi connectivity index (χ0v) is 10.0. The number of alkyl halides is 3. The predicted octanol–water partition coefficient (Wildman–Crippen LogP) is 3.39. The average molecular weight is 258 g/mol. The molecule has 5 heteroatoms. The van der Waals surface area contributed by atoms with Crippen LogP contribution in [0.5, 0.6) is 0 Å². The molecule has 100 valence electrons. The summed E-state index contributed by atoms with van der Waals surface area (Å²) in [6.07, 6.45) is -0.378. The molecule has 0 bridgehead atoms. The van der Waals surface area contributed by atoms with Gasteiger partial charge in [-0.1, -0.05) is 0 Å². The molecule has 1 aromatic carbocycles. The van der Waals surface area contributed by atoms with Crippen LogP contribution in [0.3, 0.4) is 0 Å². The molecule has 0 aromatic heterocycles. The van der Waals surface area contributed by atoms with Crippen molar-refractivity contribution in [2.24, 2.45) is 5.73 Å². The summed E-state index contributed by atoms with van der Waals surface area (Å²) in [6, 6.07) is 5.78. The van der Waals surface area contributed by atoms with Crippen LogP contribution in [0.2, 0.25) is 0 Å². The van der Waals surface area contributed by atoms with Gasteiger partial charge in [0.2, 0.25) is 0 Å². The van der Waals surface area contributed by atoms with Gasteiger partial charge < -0.3 is 11.1 Å². The minimum atomic E-state index is -4.27. The van der Waals surface area contributed by atoms with Crippen molar-refractivity contribution in [1.82, 2.24) is 0 Å². The van der Waals surface area contributed by atoms with Crippen molar-refractivity contribution in [3.05, 3.63) is 29.8 Å². The molecule has 3 N–H and O–H groups in total. The van der Waals surface area contributed by atoms with Gasteiger partial charge in [-0.05, 0) is 49.9 Å². The lowest BCUT2D eigenvalue weighted by Crippen LogP contribution is -2.32. The molecule has 0 unspecified atom stereocenters. The highest BCUT2D eigenvalue weighted by Crippen LogP contribution is 2.30. The summed E-state index contributed by atoms with van der Waals surface area (Å²) in [7, 11) is 0. The zero-order valence-electron chi connectivity index (χ0n) is 10.0. The Bertz CT molecular complexity index is 378. The van der Waals surface area contributed by atoms with Gasteiger partial charge in [0.05, 0.1) is 5.56 Å². The van der Waals surface area contributed by atoms with Crippen molar-refractivity contribution in [2.75, 3.05) is 5.32 Å². The molecule has 0 heterocycles. The van der Waals surface area contributed by atoms with Crippen molar-refractivity contribution in [3.63, 3.8) is 0 Å². The van der Waals surface area contributed by atoms with Gasteiger partial charge in [-0.2, -0.15) is 13.2 Å². The highest BCUT2D eigenvalue weighted by molar-refractivity contribution is 5.46. The van der Waals surface area contributed by atoms with E-state index in [1.807, 2.05) is 0 Å². The van der Waals surface area contributed by atoms with Crippen LogP contribution in [-0.4, -0.2) is 12.1 Å². The van der Waals surface area contributed by atoms with Gasteiger partial charge in [0.15, 0.2) is 0 Å². The maximum absolute atomic E-state index is 12.4. The first kappa shape index (κ1) is 13.2. The Morgan fingerprint density at radius 3 is 2.06 bits per heavy atom. The summed E-state index contributed by atoms with van der Waals surface area (Å²) in [5.41, 5.74) is 5.93. The van der Waals surface area contributed by atoms with E-state index in [0.29, 0.717) is 6.04 Å². The Labute approximate surface area is 104 Å². The summed E-state index contributed by atoms with van der Waals surface area (Å²) in [6.45, 7) is 0. The Balaban J connectivity index is 1.94. The first-order valence-electron chi connectivity index (χ1n) is 6.14. The van der Waals surface area contributed by atoms with Crippen LogP contribution >= 0.6 is 0 Å². The number of anilines is 1. The summed E-state index contributed by atoms with van der Waals surface area (Å²) in [4.78, 5) is 0. The maximum atomic E-state index is 12.4. The number of rotatable bonds is 2. The lowest BCUT2D eigenvalue weighted by atomic mass is 9.91. The van der Waals surface area contributed by atoms with Crippen molar-refractivity contribution < 1.29 is 13.2 Å². The summed E-state index contributed by atoms with van der Waals surface area (Å²) in [5.74, 6) is 0. The molecule has 0 spiro atoms. The van der Waals surface area contributed by atoms with E-state index in [-0.39, 0.29) is 6.04 Å². The maximum Gasteiger partial charge on any atom is 0.416 e. The lowest BCUT2D eigenvalue weighted by molar-refractivity contribution is -0.137. The van der Waals surface area contributed by atoms with Crippen molar-refractivity contribution in [2.45, 2.75) is 43.9 Å².